The predicted molar refractivity (Wildman–Crippen MR) is 147 cm³/mol. The van der Waals surface area contributed by atoms with Gasteiger partial charge in [0.15, 0.2) is 5.65 Å². The maximum Gasteiger partial charge on any atom is 0.262 e. The maximum atomic E-state index is 13.1. The van der Waals surface area contributed by atoms with Gasteiger partial charge in [-0.25, -0.2) is 9.67 Å². The standard InChI is InChI=1S/C27H22Cl2N6O3/c1-3-21-23-25(32-22(33-27(23)37)11-15-6-4-8-18(10-15)38-2)35(34-21)24-19(28)12-16(13-20(24)29)26(36)31-17-7-5-9-30-14-17/h4-10,12-14H,3,11H2,1-2H3,(H,31,36)(H,32,33,37). The van der Waals surface area contributed by atoms with Crippen LogP contribution in [0.3, 0.4) is 0 Å². The largest absolute Gasteiger partial charge is 0.497 e. The van der Waals surface area contributed by atoms with Crippen molar-refractivity contribution in [2.24, 2.45) is 0 Å². The molecule has 2 N–H and O–H groups in total. The van der Waals surface area contributed by atoms with Crippen LogP contribution in [-0.2, 0) is 12.8 Å². The highest BCUT2D eigenvalue weighted by atomic mass is 35.5. The Morgan fingerprint density at radius 1 is 1.13 bits per heavy atom. The SMILES string of the molecule is CCc1nn(-c2c(Cl)cc(C(=O)Nc3cccnc3)cc2Cl)c2nc(Cc3cccc(OC)c3)[nH]c(=O)c12. The van der Waals surface area contributed by atoms with Crippen LogP contribution in [-0.4, -0.2) is 37.7 Å². The number of amides is 1. The summed E-state index contributed by atoms with van der Waals surface area (Å²) in [5.74, 6) is 0.748. The van der Waals surface area contributed by atoms with Gasteiger partial charge in [0.2, 0.25) is 0 Å². The monoisotopic (exact) mass is 548 g/mol. The van der Waals surface area contributed by atoms with E-state index in [0.717, 1.165) is 5.56 Å². The van der Waals surface area contributed by atoms with Crippen LogP contribution >= 0.6 is 23.2 Å². The molecule has 5 rings (SSSR count). The van der Waals surface area contributed by atoms with Gasteiger partial charge in [0, 0.05) is 18.2 Å². The molecule has 5 aromatic rings. The number of hydrogen-bond donors (Lipinski definition) is 2. The van der Waals surface area contributed by atoms with E-state index in [1.807, 2.05) is 31.2 Å². The molecule has 0 radical (unpaired) electrons. The molecule has 0 spiro atoms. The van der Waals surface area contributed by atoms with Gasteiger partial charge >= 0.3 is 0 Å². The molecule has 0 unspecified atom stereocenters. The minimum atomic E-state index is -0.400. The molecule has 3 heterocycles. The Labute approximate surface area is 227 Å². The molecule has 9 nitrogen and oxygen atoms in total. The van der Waals surface area contributed by atoms with Crippen molar-refractivity contribution in [1.82, 2.24) is 24.7 Å². The molecular weight excluding hydrogens is 527 g/mol. The number of hydrogen-bond acceptors (Lipinski definition) is 6. The van der Waals surface area contributed by atoms with E-state index in [-0.39, 0.29) is 21.2 Å². The molecule has 192 valence electrons. The predicted octanol–water partition coefficient (Wildman–Crippen LogP) is 5.22. The lowest BCUT2D eigenvalue weighted by Gasteiger charge is -2.11. The van der Waals surface area contributed by atoms with Crippen molar-refractivity contribution in [3.8, 4) is 11.4 Å². The van der Waals surface area contributed by atoms with Crippen molar-refractivity contribution in [2.75, 3.05) is 12.4 Å². The fourth-order valence-electron chi connectivity index (χ4n) is 4.14. The first-order chi connectivity index (χ1) is 18.4. The third kappa shape index (κ3) is 4.98. The topological polar surface area (TPSA) is 115 Å². The molecule has 0 aliphatic heterocycles. The van der Waals surface area contributed by atoms with Crippen molar-refractivity contribution < 1.29 is 9.53 Å². The first-order valence-electron chi connectivity index (χ1n) is 11.7. The molecule has 1 amide bonds. The van der Waals surface area contributed by atoms with Gasteiger partial charge in [0.25, 0.3) is 11.5 Å². The number of aromatic amines is 1. The normalized spacial score (nSPS) is 11.1. The fourth-order valence-corrected chi connectivity index (χ4v) is 4.79. The highest BCUT2D eigenvalue weighted by Gasteiger charge is 2.22. The Balaban J connectivity index is 1.57. The summed E-state index contributed by atoms with van der Waals surface area (Å²) in [7, 11) is 1.59. The maximum absolute atomic E-state index is 13.1. The summed E-state index contributed by atoms with van der Waals surface area (Å²) in [5, 5.41) is 8.08. The zero-order valence-corrected chi connectivity index (χ0v) is 22.0. The second-order valence-corrected chi connectivity index (χ2v) is 9.25. The smallest absolute Gasteiger partial charge is 0.262 e. The number of carbonyl (C=O) groups is 1. The number of fused-ring (bicyclic) bond motifs is 1. The molecule has 0 saturated carbocycles. The number of rotatable bonds is 7. The fraction of sp³-hybridized carbons (Fsp3) is 0.148. The van der Waals surface area contributed by atoms with Crippen LogP contribution in [0.25, 0.3) is 16.7 Å². The molecule has 11 heteroatoms. The van der Waals surface area contributed by atoms with Crippen molar-refractivity contribution >= 4 is 45.8 Å². The van der Waals surface area contributed by atoms with Gasteiger partial charge in [-0.2, -0.15) is 5.10 Å². The summed E-state index contributed by atoms with van der Waals surface area (Å²) in [6.45, 7) is 1.89. The van der Waals surface area contributed by atoms with Crippen molar-refractivity contribution in [2.45, 2.75) is 19.8 Å². The molecule has 0 saturated heterocycles. The van der Waals surface area contributed by atoms with Crippen LogP contribution in [0.1, 0.15) is 34.4 Å². The van der Waals surface area contributed by atoms with Gasteiger partial charge in [-0.15, -0.1) is 0 Å². The van der Waals surface area contributed by atoms with E-state index in [2.05, 4.69) is 20.4 Å². The number of aryl methyl sites for hydroxylation is 1. The highest BCUT2D eigenvalue weighted by Crippen LogP contribution is 2.33. The molecule has 2 aromatic carbocycles. The van der Waals surface area contributed by atoms with E-state index in [9.17, 15) is 9.59 Å². The second-order valence-electron chi connectivity index (χ2n) is 8.44. The van der Waals surface area contributed by atoms with Gasteiger partial charge < -0.3 is 15.0 Å². The Bertz CT molecular complexity index is 1690. The molecule has 0 bridgehead atoms. The summed E-state index contributed by atoms with van der Waals surface area (Å²) in [6, 6.07) is 13.9. The number of benzene rings is 2. The molecule has 38 heavy (non-hydrogen) atoms. The lowest BCUT2D eigenvalue weighted by molar-refractivity contribution is 0.102. The molecule has 3 aromatic heterocycles. The van der Waals surface area contributed by atoms with Crippen LogP contribution in [0.15, 0.2) is 65.7 Å². The van der Waals surface area contributed by atoms with E-state index in [1.54, 1.807) is 25.4 Å². The third-order valence-electron chi connectivity index (χ3n) is 5.91. The zero-order valence-electron chi connectivity index (χ0n) is 20.5. The second kappa shape index (κ2) is 10.6. The van der Waals surface area contributed by atoms with E-state index in [1.165, 1.54) is 23.0 Å². The molecule has 0 aliphatic rings. The Kier molecular flexibility index (Phi) is 7.13. The highest BCUT2D eigenvalue weighted by molar-refractivity contribution is 6.38. The van der Waals surface area contributed by atoms with Crippen LogP contribution in [0, 0.1) is 0 Å². The number of nitrogens with one attached hydrogen (secondary N) is 2. The average molecular weight is 549 g/mol. The summed E-state index contributed by atoms with van der Waals surface area (Å²) in [4.78, 5) is 37.5. The minimum Gasteiger partial charge on any atom is -0.497 e. The number of nitrogens with zero attached hydrogens (tertiary/aromatic N) is 4. The average Bonchev–Trinajstić information content (AvgIpc) is 3.27. The van der Waals surface area contributed by atoms with Crippen LogP contribution < -0.4 is 15.6 Å². The minimum absolute atomic E-state index is 0.178. The summed E-state index contributed by atoms with van der Waals surface area (Å²) < 4.78 is 6.76. The van der Waals surface area contributed by atoms with E-state index >= 15 is 0 Å². The van der Waals surface area contributed by atoms with Gasteiger partial charge in [-0.05, 0) is 48.4 Å². The van der Waals surface area contributed by atoms with Gasteiger partial charge in [-0.1, -0.05) is 42.3 Å². The molecule has 0 atom stereocenters. The number of pyridine rings is 1. The number of aromatic nitrogens is 5. The van der Waals surface area contributed by atoms with E-state index < -0.39 is 5.91 Å². The quantitative estimate of drug-likeness (QED) is 0.288. The number of ether oxygens (including phenoxy) is 1. The number of H-pyrrole nitrogens is 1. The van der Waals surface area contributed by atoms with Crippen LogP contribution in [0.2, 0.25) is 10.0 Å². The first-order valence-corrected chi connectivity index (χ1v) is 12.5. The zero-order chi connectivity index (χ0) is 26.8. The lowest BCUT2D eigenvalue weighted by atomic mass is 10.1. The molecule has 0 fully saturated rings. The summed E-state index contributed by atoms with van der Waals surface area (Å²) >= 11 is 13.3. The van der Waals surface area contributed by atoms with E-state index in [4.69, 9.17) is 32.9 Å². The van der Waals surface area contributed by atoms with Crippen molar-refractivity contribution in [3.05, 3.63) is 104 Å². The molecule has 0 aliphatic carbocycles. The van der Waals surface area contributed by atoms with Crippen LogP contribution in [0.5, 0.6) is 5.75 Å². The summed E-state index contributed by atoms with van der Waals surface area (Å²) in [6.07, 6.45) is 4.00. The van der Waals surface area contributed by atoms with Gasteiger partial charge in [0.1, 0.15) is 22.6 Å². The Morgan fingerprint density at radius 2 is 1.92 bits per heavy atom. The Morgan fingerprint density at radius 3 is 2.61 bits per heavy atom. The number of carbonyl (C=O) groups excluding carboxylic acids is 1. The summed E-state index contributed by atoms with van der Waals surface area (Å²) in [5.41, 5.74) is 2.58. The lowest BCUT2D eigenvalue weighted by Crippen LogP contribution is -2.14. The number of anilines is 1. The number of methoxy groups -OCH3 is 1. The van der Waals surface area contributed by atoms with Crippen molar-refractivity contribution in [3.63, 3.8) is 0 Å². The number of halogens is 2. The van der Waals surface area contributed by atoms with E-state index in [0.29, 0.717) is 52.5 Å². The van der Waals surface area contributed by atoms with Gasteiger partial charge in [-0.3, -0.25) is 14.6 Å². The van der Waals surface area contributed by atoms with Crippen LogP contribution in [0.4, 0.5) is 5.69 Å². The Hall–Kier alpha value is -4.21. The third-order valence-corrected chi connectivity index (χ3v) is 6.49. The van der Waals surface area contributed by atoms with Crippen molar-refractivity contribution in [1.29, 1.82) is 0 Å². The first kappa shape index (κ1) is 25.4. The van der Waals surface area contributed by atoms with Gasteiger partial charge in [0.05, 0.1) is 34.7 Å². The molecular formula is C27H22Cl2N6O3.